The molecule has 3 aromatic rings. The zero-order valence-electron chi connectivity index (χ0n) is 20.2. The maximum atomic E-state index is 13.7. The molecule has 3 aliphatic rings. The van der Waals surface area contributed by atoms with Crippen LogP contribution in [0.1, 0.15) is 59.5 Å². The zero-order chi connectivity index (χ0) is 25.2. The average molecular weight is 527 g/mol. The number of hydrogen-bond donors (Lipinski definition) is 2. The smallest absolute Gasteiger partial charge is 0.276 e. The second kappa shape index (κ2) is 8.55. The van der Waals surface area contributed by atoms with Gasteiger partial charge in [0.15, 0.2) is 0 Å². The fourth-order valence-electron chi connectivity index (χ4n) is 6.01. The molecular formula is C25H27ClN6O3S. The molecule has 1 saturated carbocycles. The van der Waals surface area contributed by atoms with Crippen molar-refractivity contribution in [2.45, 2.75) is 57.0 Å². The van der Waals surface area contributed by atoms with Gasteiger partial charge in [-0.25, -0.2) is 9.97 Å². The topological polar surface area (TPSA) is 109 Å². The number of aromatic nitrogens is 3. The minimum atomic E-state index is -0.723. The monoisotopic (exact) mass is 526 g/mol. The number of pyridine rings is 1. The van der Waals surface area contributed by atoms with E-state index in [0.717, 1.165) is 52.8 Å². The van der Waals surface area contributed by atoms with Crippen molar-refractivity contribution < 1.29 is 9.59 Å². The predicted molar refractivity (Wildman–Crippen MR) is 139 cm³/mol. The summed E-state index contributed by atoms with van der Waals surface area (Å²) in [6.07, 6.45) is 8.02. The van der Waals surface area contributed by atoms with Crippen LogP contribution in [0, 0.1) is 5.92 Å². The van der Waals surface area contributed by atoms with Crippen LogP contribution in [-0.4, -0.2) is 45.3 Å². The van der Waals surface area contributed by atoms with Crippen molar-refractivity contribution >= 4 is 56.5 Å². The number of halogens is 1. The van der Waals surface area contributed by atoms with Gasteiger partial charge in [-0.1, -0.05) is 18.0 Å². The highest BCUT2D eigenvalue weighted by molar-refractivity contribution is 7.19. The number of thiophene rings is 1. The van der Waals surface area contributed by atoms with E-state index in [1.165, 1.54) is 12.4 Å². The third kappa shape index (κ3) is 3.53. The van der Waals surface area contributed by atoms with Crippen LogP contribution in [0.2, 0.25) is 5.02 Å². The minimum Gasteiger partial charge on any atom is -0.349 e. The molecule has 0 bridgehead atoms. The Morgan fingerprint density at radius 3 is 2.78 bits per heavy atom. The van der Waals surface area contributed by atoms with E-state index in [-0.39, 0.29) is 39.7 Å². The lowest BCUT2D eigenvalue weighted by molar-refractivity contribution is -0.133. The Balaban J connectivity index is 1.41. The van der Waals surface area contributed by atoms with E-state index >= 15 is 0 Å². The second-order valence-electron chi connectivity index (χ2n) is 10.1. The maximum absolute atomic E-state index is 13.7. The summed E-state index contributed by atoms with van der Waals surface area (Å²) in [5.74, 6) is 0.340. The first kappa shape index (κ1) is 23.4. The largest absolute Gasteiger partial charge is 0.349 e. The molecule has 6 rings (SSSR count). The summed E-state index contributed by atoms with van der Waals surface area (Å²) in [6, 6.07) is 1.52. The molecule has 2 amide bonds. The Morgan fingerprint density at radius 1 is 1.25 bits per heavy atom. The Hall–Kier alpha value is -2.98. The van der Waals surface area contributed by atoms with Gasteiger partial charge >= 0.3 is 0 Å². The van der Waals surface area contributed by atoms with Crippen molar-refractivity contribution in [2.24, 2.45) is 5.92 Å². The molecule has 2 aliphatic carbocycles. The predicted octanol–water partition coefficient (Wildman–Crippen LogP) is 3.80. The summed E-state index contributed by atoms with van der Waals surface area (Å²) >= 11 is 8.14. The Labute approximate surface area is 216 Å². The number of amides is 2. The summed E-state index contributed by atoms with van der Waals surface area (Å²) in [5.41, 5.74) is 0.628. The molecule has 1 fully saturated rings. The van der Waals surface area contributed by atoms with E-state index in [1.54, 1.807) is 34.9 Å². The number of nitrogens with one attached hydrogen (secondary N) is 2. The minimum absolute atomic E-state index is 0.0400. The lowest BCUT2D eigenvalue weighted by Crippen LogP contribution is -2.48. The Bertz CT molecular complexity index is 1470. The molecule has 0 aromatic carbocycles. The van der Waals surface area contributed by atoms with Gasteiger partial charge in [0.1, 0.15) is 34.0 Å². The molecule has 188 valence electrons. The summed E-state index contributed by atoms with van der Waals surface area (Å²) in [7, 11) is 3.58. The molecule has 1 atom stereocenters. The van der Waals surface area contributed by atoms with E-state index in [2.05, 4.69) is 20.6 Å². The fraction of sp³-hybridized carbons (Fsp3) is 0.480. The number of rotatable bonds is 3. The SMILES string of the molecule is CN(C)C(=O)[C@H]1CCc2c(sc3ncnc(Nc4cc(Cl)c5n(c4=O)C4(CCCCC4)NC5=O)c23)C1. The summed E-state index contributed by atoms with van der Waals surface area (Å²) in [5, 5.41) is 7.41. The van der Waals surface area contributed by atoms with Crippen LogP contribution < -0.4 is 16.2 Å². The summed E-state index contributed by atoms with van der Waals surface area (Å²) in [4.78, 5) is 51.7. The molecule has 36 heavy (non-hydrogen) atoms. The zero-order valence-corrected chi connectivity index (χ0v) is 21.8. The lowest BCUT2D eigenvalue weighted by Gasteiger charge is -2.35. The van der Waals surface area contributed by atoms with Crippen LogP contribution in [0.15, 0.2) is 17.2 Å². The van der Waals surface area contributed by atoms with E-state index in [1.807, 2.05) is 0 Å². The van der Waals surface area contributed by atoms with Crippen LogP contribution >= 0.6 is 22.9 Å². The first-order chi connectivity index (χ1) is 17.3. The molecule has 0 radical (unpaired) electrons. The summed E-state index contributed by atoms with van der Waals surface area (Å²) < 4.78 is 1.57. The molecule has 11 heteroatoms. The number of anilines is 2. The number of hydrogen-bond acceptors (Lipinski definition) is 7. The van der Waals surface area contributed by atoms with Gasteiger partial charge in [-0.3, -0.25) is 19.0 Å². The number of aryl methyl sites for hydroxylation is 1. The molecule has 1 aliphatic heterocycles. The van der Waals surface area contributed by atoms with E-state index in [0.29, 0.717) is 25.1 Å². The first-order valence-corrected chi connectivity index (χ1v) is 13.5. The van der Waals surface area contributed by atoms with Crippen molar-refractivity contribution in [1.29, 1.82) is 0 Å². The number of carbonyl (C=O) groups excluding carboxylic acids is 2. The normalized spacial score (nSPS) is 20.2. The summed E-state index contributed by atoms with van der Waals surface area (Å²) in [6.45, 7) is 0. The van der Waals surface area contributed by atoms with Crippen LogP contribution in [0.3, 0.4) is 0 Å². The highest BCUT2D eigenvalue weighted by atomic mass is 35.5. The van der Waals surface area contributed by atoms with Crippen molar-refractivity contribution in [3.8, 4) is 0 Å². The lowest BCUT2D eigenvalue weighted by atomic mass is 9.87. The van der Waals surface area contributed by atoms with Crippen molar-refractivity contribution in [3.63, 3.8) is 0 Å². The van der Waals surface area contributed by atoms with Crippen LogP contribution in [0.4, 0.5) is 11.5 Å². The van der Waals surface area contributed by atoms with E-state index in [9.17, 15) is 14.4 Å². The van der Waals surface area contributed by atoms with Gasteiger partial charge in [-0.2, -0.15) is 0 Å². The van der Waals surface area contributed by atoms with Crippen LogP contribution in [-0.2, 0) is 23.3 Å². The van der Waals surface area contributed by atoms with Gasteiger partial charge in [0.25, 0.3) is 11.5 Å². The molecule has 0 saturated heterocycles. The van der Waals surface area contributed by atoms with Crippen molar-refractivity contribution in [1.82, 2.24) is 24.8 Å². The van der Waals surface area contributed by atoms with Gasteiger partial charge in [-0.05, 0) is 56.6 Å². The van der Waals surface area contributed by atoms with Gasteiger partial charge < -0.3 is 15.5 Å². The number of fused-ring (bicyclic) bond motifs is 5. The number of nitrogens with zero attached hydrogens (tertiary/aromatic N) is 4. The first-order valence-electron chi connectivity index (χ1n) is 12.3. The maximum Gasteiger partial charge on any atom is 0.276 e. The van der Waals surface area contributed by atoms with Gasteiger partial charge in [0.2, 0.25) is 5.91 Å². The fourth-order valence-corrected chi connectivity index (χ4v) is 7.56. The van der Waals surface area contributed by atoms with Gasteiger partial charge in [0.05, 0.1) is 10.4 Å². The average Bonchev–Trinajstić information content (AvgIpc) is 3.37. The number of carbonyl (C=O) groups is 2. The highest BCUT2D eigenvalue weighted by Crippen LogP contribution is 2.42. The third-order valence-electron chi connectivity index (χ3n) is 7.71. The van der Waals surface area contributed by atoms with E-state index < -0.39 is 5.66 Å². The molecule has 1 spiro atoms. The molecule has 2 N–H and O–H groups in total. The van der Waals surface area contributed by atoms with Crippen LogP contribution in [0.25, 0.3) is 10.2 Å². The standard InChI is InChI=1S/C25H27ClN6O3S/c1-31(2)23(34)13-6-7-14-17(10-13)36-22-18(14)20(27-12-28-22)29-16-11-15(26)19-21(33)30-25(32(19)24(16)35)8-4-3-5-9-25/h11-13H,3-10H2,1-2H3,(H,30,33)(H,27,28,29)/t13-/m0/s1. The molecule has 9 nitrogen and oxygen atoms in total. The molecule has 4 heterocycles. The van der Waals surface area contributed by atoms with Crippen molar-refractivity contribution in [2.75, 3.05) is 19.4 Å². The van der Waals surface area contributed by atoms with E-state index in [4.69, 9.17) is 11.6 Å². The van der Waals surface area contributed by atoms with Gasteiger partial charge in [-0.15, -0.1) is 11.3 Å². The highest BCUT2D eigenvalue weighted by Gasteiger charge is 2.45. The Kier molecular flexibility index (Phi) is 5.56. The quantitative estimate of drug-likeness (QED) is 0.537. The molecular weight excluding hydrogens is 500 g/mol. The van der Waals surface area contributed by atoms with Crippen molar-refractivity contribution in [3.05, 3.63) is 43.9 Å². The Morgan fingerprint density at radius 2 is 2.03 bits per heavy atom. The second-order valence-corrected chi connectivity index (χ2v) is 11.6. The van der Waals surface area contributed by atoms with Crippen LogP contribution in [0.5, 0.6) is 0 Å². The molecule has 0 unspecified atom stereocenters. The third-order valence-corrected chi connectivity index (χ3v) is 9.16. The van der Waals surface area contributed by atoms with Gasteiger partial charge in [0, 0.05) is 24.9 Å². The molecule has 3 aromatic heterocycles.